The second kappa shape index (κ2) is 9.03. The van der Waals surface area contributed by atoms with E-state index in [9.17, 15) is 34.8 Å². The molecular weight excluding hydrogens is 517 g/mol. The minimum Gasteiger partial charge on any atom is -0.264 e. The summed E-state index contributed by atoms with van der Waals surface area (Å²) in [6.07, 6.45) is -7.83. The van der Waals surface area contributed by atoms with E-state index in [4.69, 9.17) is 23.2 Å². The van der Waals surface area contributed by atoms with Gasteiger partial charge in [0.2, 0.25) is 0 Å². The number of pyridine rings is 1. The molecule has 0 aliphatic rings. The Kier molecular flexibility index (Phi) is 6.88. The van der Waals surface area contributed by atoms with E-state index in [1.54, 1.807) is 0 Å². The topological polar surface area (TPSA) is 50.3 Å². The van der Waals surface area contributed by atoms with Gasteiger partial charge in [-0.1, -0.05) is 35.3 Å². The van der Waals surface area contributed by atoms with Crippen LogP contribution in [0.5, 0.6) is 0 Å². The van der Waals surface area contributed by atoms with Crippen LogP contribution in [0.1, 0.15) is 16.7 Å². The summed E-state index contributed by atoms with van der Waals surface area (Å²) in [7, 11) is -4.83. The van der Waals surface area contributed by atoms with E-state index in [0.29, 0.717) is 16.4 Å². The molecule has 3 rings (SSSR count). The lowest BCUT2D eigenvalue weighted by Crippen LogP contribution is -2.33. The quantitative estimate of drug-likeness (QED) is 0.341. The Hall–Kier alpha value is -2.50. The van der Waals surface area contributed by atoms with Gasteiger partial charge in [0.15, 0.2) is 0 Å². The normalized spacial score (nSPS) is 12.6. The van der Waals surface area contributed by atoms with Gasteiger partial charge in [-0.25, -0.2) is 8.42 Å². The molecule has 33 heavy (non-hydrogen) atoms. The van der Waals surface area contributed by atoms with Gasteiger partial charge in [0.05, 0.1) is 33.4 Å². The van der Waals surface area contributed by atoms with Gasteiger partial charge in [-0.15, -0.1) is 0 Å². The Bertz CT molecular complexity index is 1270. The van der Waals surface area contributed by atoms with E-state index >= 15 is 0 Å². The van der Waals surface area contributed by atoms with E-state index in [1.807, 2.05) is 0 Å². The molecule has 0 fully saturated rings. The number of sulfonamides is 1. The van der Waals surface area contributed by atoms with Gasteiger partial charge >= 0.3 is 12.4 Å². The van der Waals surface area contributed by atoms with Crippen molar-refractivity contribution in [3.8, 4) is 0 Å². The van der Waals surface area contributed by atoms with Crippen molar-refractivity contribution in [2.24, 2.45) is 0 Å². The highest BCUT2D eigenvalue weighted by atomic mass is 35.5. The zero-order valence-electron chi connectivity index (χ0n) is 16.1. The Morgan fingerprint density at radius 1 is 0.909 bits per heavy atom. The molecule has 1 heterocycles. The average molecular weight is 529 g/mol. The molecule has 3 aromatic rings. The molecule has 4 nitrogen and oxygen atoms in total. The fourth-order valence-electron chi connectivity index (χ4n) is 2.92. The van der Waals surface area contributed by atoms with Crippen molar-refractivity contribution in [3.63, 3.8) is 0 Å². The molecule has 2 aromatic carbocycles. The molecule has 0 saturated heterocycles. The minimum absolute atomic E-state index is 0.138. The first-order chi connectivity index (χ1) is 15.2. The zero-order valence-corrected chi connectivity index (χ0v) is 18.5. The van der Waals surface area contributed by atoms with E-state index < -0.39 is 55.7 Å². The zero-order chi connectivity index (χ0) is 24.6. The molecule has 13 heteroatoms. The molecular formula is C20H12Cl2F6N2O2S. The lowest BCUT2D eigenvalue weighted by molar-refractivity contribution is -0.142. The molecule has 0 aliphatic carbocycles. The summed E-state index contributed by atoms with van der Waals surface area (Å²) in [6.45, 7) is -0.673. The van der Waals surface area contributed by atoms with Crippen LogP contribution in [0.25, 0.3) is 0 Å². The number of alkyl halides is 6. The summed E-state index contributed by atoms with van der Waals surface area (Å²) in [5, 5.41) is -0.627. The van der Waals surface area contributed by atoms with Gasteiger partial charge in [0.25, 0.3) is 10.0 Å². The van der Waals surface area contributed by atoms with Crippen molar-refractivity contribution < 1.29 is 34.8 Å². The largest absolute Gasteiger partial charge is 0.418 e. The highest BCUT2D eigenvalue weighted by molar-refractivity contribution is 7.93. The van der Waals surface area contributed by atoms with Crippen molar-refractivity contribution in [2.75, 3.05) is 4.31 Å². The third kappa shape index (κ3) is 5.36. The first-order valence-electron chi connectivity index (χ1n) is 8.87. The predicted molar refractivity (Wildman–Crippen MR) is 111 cm³/mol. The van der Waals surface area contributed by atoms with Crippen LogP contribution in [0.4, 0.5) is 32.0 Å². The molecule has 0 aliphatic heterocycles. The SMILES string of the molecule is O=S(=O)(c1cccc(Cl)c1Cl)N(Cc1cccnc1)c1ccc(C(F)(F)F)cc1C(F)(F)F. The van der Waals surface area contributed by atoms with Gasteiger partial charge in [-0.2, -0.15) is 26.3 Å². The molecule has 0 radical (unpaired) electrons. The summed E-state index contributed by atoms with van der Waals surface area (Å²) in [6, 6.07) is 7.02. The number of benzene rings is 2. The Morgan fingerprint density at radius 3 is 2.18 bits per heavy atom. The number of halogens is 8. The van der Waals surface area contributed by atoms with Crippen LogP contribution >= 0.6 is 23.2 Å². The van der Waals surface area contributed by atoms with Crippen LogP contribution < -0.4 is 4.31 Å². The maximum Gasteiger partial charge on any atom is 0.418 e. The molecule has 0 spiro atoms. The van der Waals surface area contributed by atoms with Gasteiger partial charge in [0, 0.05) is 12.4 Å². The van der Waals surface area contributed by atoms with Crippen LogP contribution in [0.2, 0.25) is 10.0 Å². The summed E-state index contributed by atoms with van der Waals surface area (Å²) in [4.78, 5) is 3.18. The summed E-state index contributed by atoms with van der Waals surface area (Å²) in [5.41, 5.74) is -4.22. The van der Waals surface area contributed by atoms with Crippen LogP contribution in [0.3, 0.4) is 0 Å². The number of hydrogen-bond donors (Lipinski definition) is 0. The molecule has 176 valence electrons. The molecule has 1 aromatic heterocycles. The molecule has 0 unspecified atom stereocenters. The second-order valence-corrected chi connectivity index (χ2v) is 9.27. The summed E-state index contributed by atoms with van der Waals surface area (Å²) < 4.78 is 108. The molecule has 0 saturated carbocycles. The number of hydrogen-bond acceptors (Lipinski definition) is 3. The van der Waals surface area contributed by atoms with Gasteiger partial charge in [-0.05, 0) is 42.0 Å². The molecule has 0 N–H and O–H groups in total. The molecule has 0 bridgehead atoms. The number of aromatic nitrogens is 1. The van der Waals surface area contributed by atoms with Gasteiger partial charge in [0.1, 0.15) is 4.90 Å². The Labute approximate surface area is 194 Å². The van der Waals surface area contributed by atoms with Crippen molar-refractivity contribution in [1.29, 1.82) is 0 Å². The standard InChI is InChI=1S/C20H12Cl2F6N2O2S/c21-15-4-1-5-17(18(15)22)33(31,32)30(11-12-3-2-8-29-10-12)16-7-6-13(19(23,24)25)9-14(16)20(26,27)28/h1-10H,11H2. The van der Waals surface area contributed by atoms with Crippen LogP contribution in [-0.4, -0.2) is 13.4 Å². The first kappa shape index (κ1) is 25.1. The maximum absolute atomic E-state index is 13.8. The maximum atomic E-state index is 13.8. The van der Waals surface area contributed by atoms with Crippen molar-refractivity contribution in [2.45, 2.75) is 23.8 Å². The van der Waals surface area contributed by atoms with Crippen LogP contribution in [-0.2, 0) is 28.9 Å². The van der Waals surface area contributed by atoms with E-state index in [-0.39, 0.29) is 16.7 Å². The monoisotopic (exact) mass is 528 g/mol. The van der Waals surface area contributed by atoms with Crippen molar-refractivity contribution in [1.82, 2.24) is 4.98 Å². The minimum atomic E-state index is -5.31. The number of anilines is 1. The van der Waals surface area contributed by atoms with E-state index in [2.05, 4.69) is 4.98 Å². The van der Waals surface area contributed by atoms with Crippen molar-refractivity contribution >= 4 is 38.9 Å². The Balaban J connectivity index is 2.30. The third-order valence-corrected chi connectivity index (χ3v) is 7.16. The summed E-state index contributed by atoms with van der Waals surface area (Å²) >= 11 is 11.9. The van der Waals surface area contributed by atoms with E-state index in [0.717, 1.165) is 6.07 Å². The fourth-order valence-corrected chi connectivity index (χ4v) is 5.13. The highest BCUT2D eigenvalue weighted by Crippen LogP contribution is 2.43. The van der Waals surface area contributed by atoms with Gasteiger partial charge < -0.3 is 0 Å². The van der Waals surface area contributed by atoms with Crippen LogP contribution in [0.15, 0.2) is 65.8 Å². The summed E-state index contributed by atoms with van der Waals surface area (Å²) in [5.74, 6) is 0. The predicted octanol–water partition coefficient (Wildman–Crippen LogP) is 6.82. The number of rotatable bonds is 5. The molecule has 0 atom stereocenters. The van der Waals surface area contributed by atoms with Gasteiger partial charge in [-0.3, -0.25) is 9.29 Å². The lowest BCUT2D eigenvalue weighted by atomic mass is 10.1. The molecule has 0 amide bonds. The number of nitrogens with zero attached hydrogens (tertiary/aromatic N) is 2. The average Bonchev–Trinajstić information content (AvgIpc) is 2.73. The van der Waals surface area contributed by atoms with Crippen LogP contribution in [0, 0.1) is 0 Å². The second-order valence-electron chi connectivity index (χ2n) is 6.65. The first-order valence-corrected chi connectivity index (χ1v) is 11.1. The highest BCUT2D eigenvalue weighted by Gasteiger charge is 2.41. The lowest BCUT2D eigenvalue weighted by Gasteiger charge is -2.28. The van der Waals surface area contributed by atoms with E-state index in [1.165, 1.54) is 36.7 Å². The Morgan fingerprint density at radius 2 is 1.61 bits per heavy atom. The van der Waals surface area contributed by atoms with Crippen molar-refractivity contribution in [3.05, 3.63) is 87.7 Å². The third-order valence-electron chi connectivity index (χ3n) is 4.43. The fraction of sp³-hybridized carbons (Fsp3) is 0.150. The smallest absolute Gasteiger partial charge is 0.264 e.